The van der Waals surface area contributed by atoms with Gasteiger partial charge in [-0.05, 0) is 6.42 Å². The van der Waals surface area contributed by atoms with E-state index in [0.29, 0.717) is 11.8 Å². The maximum Gasteiger partial charge on any atom is 0.284 e. The van der Waals surface area contributed by atoms with Gasteiger partial charge in [-0.1, -0.05) is 16.9 Å². The van der Waals surface area contributed by atoms with Crippen LogP contribution in [0.25, 0.3) is 0 Å². The number of rotatable bonds is 8. The fourth-order valence-corrected chi connectivity index (χ4v) is 4.00. The maximum atomic E-state index is 11.2. The maximum absolute atomic E-state index is 11.2. The molecule has 4 N–H and O–H groups in total. The van der Waals surface area contributed by atoms with Crippen molar-refractivity contribution in [1.82, 2.24) is 0 Å². The van der Waals surface area contributed by atoms with E-state index in [1.54, 1.807) is 0 Å². The second-order valence-corrected chi connectivity index (χ2v) is 9.91. The lowest BCUT2D eigenvalue weighted by molar-refractivity contribution is -0.205. The van der Waals surface area contributed by atoms with Crippen molar-refractivity contribution in [3.8, 4) is 0 Å². The van der Waals surface area contributed by atoms with Crippen LogP contribution in [0.15, 0.2) is 5.16 Å². The van der Waals surface area contributed by atoms with Gasteiger partial charge < -0.3 is 29.7 Å². The van der Waals surface area contributed by atoms with Crippen LogP contribution in [-0.4, -0.2) is 95.3 Å². The summed E-state index contributed by atoms with van der Waals surface area (Å²) in [6, 6.07) is 0. The highest BCUT2D eigenvalue weighted by molar-refractivity contribution is 8.14. The summed E-state index contributed by atoms with van der Waals surface area (Å²) < 4.78 is 62.9. The molecule has 5 atom stereocenters. The Morgan fingerprint density at radius 2 is 1.81 bits per heavy atom. The molecule has 0 aliphatic carbocycles. The van der Waals surface area contributed by atoms with Gasteiger partial charge >= 0.3 is 0 Å². The van der Waals surface area contributed by atoms with Gasteiger partial charge in [0.05, 0.1) is 12.4 Å². The van der Waals surface area contributed by atoms with Crippen molar-refractivity contribution in [3.05, 3.63) is 0 Å². The van der Waals surface area contributed by atoms with E-state index in [4.69, 9.17) is 9.84 Å². The van der Waals surface area contributed by atoms with E-state index in [2.05, 4.69) is 9.44 Å². The lowest BCUT2D eigenvalue weighted by Gasteiger charge is -2.39. The smallest absolute Gasteiger partial charge is 0.284 e. The molecule has 0 spiro atoms. The zero-order valence-electron chi connectivity index (χ0n) is 13.5. The first-order chi connectivity index (χ1) is 11.8. The number of hydrogen-bond acceptors (Lipinski definition) is 13. The summed E-state index contributed by atoms with van der Waals surface area (Å²) >= 11 is 0.562. The molecule has 0 saturated carbocycles. The third kappa shape index (κ3) is 8.01. The Bertz CT molecular complexity index is 690. The Hall–Kier alpha value is -0.520. The standard InChI is InChI=1S/C11H21NO11S3/c1-25(17,18)4-2-3-7(12-23-26(19,20)21)24-11-10(16)9(15)8(14)6(5-13)22-11/h6,8-11,13-16H,2-5H2,1H3,(H,19,20,21)/p-1/t6-,8-,9+,10-,11+/m1/s1. The van der Waals surface area contributed by atoms with Crippen LogP contribution < -0.4 is 0 Å². The zero-order valence-corrected chi connectivity index (χ0v) is 16.0. The normalized spacial score (nSPS) is 31.0. The minimum Gasteiger partial charge on any atom is -0.714 e. The van der Waals surface area contributed by atoms with Crippen LogP contribution in [0, 0.1) is 0 Å². The first-order valence-corrected chi connectivity index (χ1v) is 11.5. The summed E-state index contributed by atoms with van der Waals surface area (Å²) in [5.41, 5.74) is -1.29. The molecule has 0 radical (unpaired) electrons. The summed E-state index contributed by atoms with van der Waals surface area (Å²) in [5.74, 6) is -0.259. The third-order valence-electron chi connectivity index (χ3n) is 3.24. The van der Waals surface area contributed by atoms with Crippen LogP contribution in [0.5, 0.6) is 0 Å². The van der Waals surface area contributed by atoms with Crippen molar-refractivity contribution < 1.29 is 50.8 Å². The van der Waals surface area contributed by atoms with Gasteiger partial charge in [0.15, 0.2) is 0 Å². The minimum atomic E-state index is -5.16. The number of aliphatic hydroxyl groups is 4. The molecule has 1 aliphatic heterocycles. The second-order valence-electron chi connectivity index (χ2n) is 5.52. The Kier molecular flexibility index (Phi) is 8.69. The van der Waals surface area contributed by atoms with Crippen LogP contribution in [-0.2, 0) is 29.3 Å². The fourth-order valence-electron chi connectivity index (χ4n) is 2.00. The molecule has 0 aromatic rings. The molecule has 0 amide bonds. The van der Waals surface area contributed by atoms with Gasteiger partial charge in [0.1, 0.15) is 44.7 Å². The Balaban J connectivity index is 2.88. The molecular formula is C11H20NO11S3-. The number of oxime groups is 1. The minimum absolute atomic E-state index is 0.00432. The summed E-state index contributed by atoms with van der Waals surface area (Å²) in [5, 5.41) is 41.4. The van der Waals surface area contributed by atoms with E-state index in [-0.39, 0.29) is 23.6 Å². The lowest BCUT2D eigenvalue weighted by atomic mass is 10.0. The first-order valence-electron chi connectivity index (χ1n) is 7.20. The van der Waals surface area contributed by atoms with E-state index < -0.39 is 56.7 Å². The molecule has 1 saturated heterocycles. The number of nitrogens with zero attached hydrogens (tertiary/aromatic N) is 1. The van der Waals surface area contributed by atoms with Crippen molar-refractivity contribution in [2.24, 2.45) is 5.16 Å². The Morgan fingerprint density at radius 1 is 1.19 bits per heavy atom. The van der Waals surface area contributed by atoms with Crippen LogP contribution in [0.2, 0.25) is 0 Å². The summed E-state index contributed by atoms with van der Waals surface area (Å²) in [6.07, 6.45) is -5.23. The monoisotopic (exact) mass is 438 g/mol. The number of hydrogen-bond donors (Lipinski definition) is 4. The highest BCUT2D eigenvalue weighted by Crippen LogP contribution is 2.30. The average Bonchev–Trinajstić information content (AvgIpc) is 2.50. The molecule has 1 heterocycles. The van der Waals surface area contributed by atoms with Gasteiger partial charge in [-0.3, -0.25) is 4.28 Å². The van der Waals surface area contributed by atoms with E-state index in [1.807, 2.05) is 0 Å². The largest absolute Gasteiger partial charge is 0.714 e. The molecule has 12 nitrogen and oxygen atoms in total. The topological polar surface area (TPSA) is 203 Å². The van der Waals surface area contributed by atoms with Crippen molar-refractivity contribution >= 4 is 37.0 Å². The van der Waals surface area contributed by atoms with Crippen LogP contribution in [0.1, 0.15) is 12.8 Å². The molecule has 1 rings (SSSR count). The van der Waals surface area contributed by atoms with Crippen molar-refractivity contribution in [2.45, 2.75) is 42.7 Å². The third-order valence-corrected chi connectivity index (χ3v) is 5.70. The predicted molar refractivity (Wildman–Crippen MR) is 88.5 cm³/mol. The lowest BCUT2D eigenvalue weighted by Crippen LogP contribution is -2.57. The van der Waals surface area contributed by atoms with Gasteiger partial charge in [-0.15, -0.1) is 0 Å². The quantitative estimate of drug-likeness (QED) is 0.0993. The van der Waals surface area contributed by atoms with Gasteiger partial charge in [-0.2, -0.15) is 8.42 Å². The van der Waals surface area contributed by atoms with E-state index >= 15 is 0 Å². The van der Waals surface area contributed by atoms with Crippen molar-refractivity contribution in [1.29, 1.82) is 0 Å². The second kappa shape index (κ2) is 9.61. The summed E-state index contributed by atoms with van der Waals surface area (Å²) in [7, 11) is -8.47. The molecule has 1 fully saturated rings. The molecule has 26 heavy (non-hydrogen) atoms. The fraction of sp³-hybridized carbons (Fsp3) is 0.909. The van der Waals surface area contributed by atoms with Gasteiger partial charge in [0.25, 0.3) is 10.4 Å². The molecule has 15 heteroatoms. The van der Waals surface area contributed by atoms with E-state index in [0.717, 1.165) is 6.26 Å². The van der Waals surface area contributed by atoms with Gasteiger partial charge in [-0.25, -0.2) is 8.42 Å². The number of ether oxygens (including phenoxy) is 1. The van der Waals surface area contributed by atoms with Crippen molar-refractivity contribution in [3.63, 3.8) is 0 Å². The van der Waals surface area contributed by atoms with Crippen molar-refractivity contribution in [2.75, 3.05) is 18.6 Å². The van der Waals surface area contributed by atoms with Crippen LogP contribution >= 0.6 is 11.8 Å². The van der Waals surface area contributed by atoms with Gasteiger partial charge in [0, 0.05) is 12.7 Å². The predicted octanol–water partition coefficient (Wildman–Crippen LogP) is -2.87. The highest BCUT2D eigenvalue weighted by atomic mass is 32.3. The number of sulfone groups is 1. The Morgan fingerprint density at radius 3 is 2.31 bits per heavy atom. The van der Waals surface area contributed by atoms with Crippen LogP contribution in [0.3, 0.4) is 0 Å². The SMILES string of the molecule is CS(=O)(=O)CCCC(=NOS(=O)(=O)[O-])S[C@@H]1O[C@H](CO)[C@@H](O)[C@H](O)[C@H]1O. The summed E-state index contributed by atoms with van der Waals surface area (Å²) in [6.45, 7) is -0.673. The average molecular weight is 438 g/mol. The first kappa shape index (κ1) is 23.5. The van der Waals surface area contributed by atoms with E-state index in [1.165, 1.54) is 0 Å². The molecular weight excluding hydrogens is 418 g/mol. The highest BCUT2D eigenvalue weighted by Gasteiger charge is 2.44. The molecule has 0 aromatic heterocycles. The molecule has 154 valence electrons. The number of thioether (sulfide) groups is 1. The van der Waals surface area contributed by atoms with Gasteiger partial charge in [0.2, 0.25) is 0 Å². The van der Waals surface area contributed by atoms with Crippen LogP contribution in [0.4, 0.5) is 0 Å². The molecule has 0 bridgehead atoms. The molecule has 0 unspecified atom stereocenters. The Labute approximate surface area is 154 Å². The molecule has 0 aromatic carbocycles. The molecule has 1 aliphatic rings. The van der Waals surface area contributed by atoms with E-state index in [9.17, 15) is 36.7 Å². The number of aliphatic hydroxyl groups excluding tert-OH is 4. The summed E-state index contributed by atoms with van der Waals surface area (Å²) in [4.78, 5) is 0. The zero-order chi connectivity index (χ0) is 20.1.